The Morgan fingerprint density at radius 3 is 2.69 bits per heavy atom. The number of aromatic nitrogens is 5. The van der Waals surface area contributed by atoms with Crippen LogP contribution >= 0.6 is 0 Å². The largest absolute Gasteiger partial charge is 0.421 e. The molecular weight excluding hydrogens is 473 g/mol. The predicted molar refractivity (Wildman–Crippen MR) is 130 cm³/mol. The maximum atomic E-state index is 15.1. The third-order valence-electron chi connectivity index (χ3n) is 6.27. The molecule has 12 heteroatoms. The topological polar surface area (TPSA) is 129 Å². The van der Waals surface area contributed by atoms with Crippen molar-refractivity contribution in [1.29, 1.82) is 0 Å². The molecule has 0 atom stereocenters. The van der Waals surface area contributed by atoms with Crippen LogP contribution in [0.15, 0.2) is 30.3 Å². The van der Waals surface area contributed by atoms with E-state index in [2.05, 4.69) is 30.5 Å². The average Bonchev–Trinajstić information content (AvgIpc) is 3.44. The minimum absolute atomic E-state index is 0.00314. The van der Waals surface area contributed by atoms with E-state index < -0.39 is 15.7 Å². The van der Waals surface area contributed by atoms with E-state index in [0.29, 0.717) is 47.4 Å². The van der Waals surface area contributed by atoms with E-state index in [1.165, 1.54) is 6.07 Å². The zero-order valence-corrected chi connectivity index (χ0v) is 19.8. The Morgan fingerprint density at radius 1 is 1.11 bits per heavy atom. The minimum Gasteiger partial charge on any atom is -0.421 e. The highest BCUT2D eigenvalue weighted by molar-refractivity contribution is 7.91. The van der Waals surface area contributed by atoms with Crippen molar-refractivity contribution >= 4 is 38.2 Å². The Balaban J connectivity index is 1.33. The second-order valence-corrected chi connectivity index (χ2v) is 11.3. The summed E-state index contributed by atoms with van der Waals surface area (Å²) in [6, 6.07) is 8.58. The molecule has 0 amide bonds. The number of hydrogen-bond donors (Lipinski definition) is 3. The standard InChI is InChI=1S/C23H24FN7O3S/c1-13-10-15-16(25-13)4-5-18(22(15)24)34-23-27-19(26-20-11-17(29-30-20)14-2-3-14)12-21(28-23)31-6-8-35(32,33)9-7-31/h4-5,10-12,14,25H,2-3,6-9H2,1H3,(H2,26,27,28,29,30). The van der Waals surface area contributed by atoms with E-state index in [-0.39, 0.29) is 23.3 Å². The molecule has 2 fully saturated rings. The van der Waals surface area contributed by atoms with Gasteiger partial charge in [0.05, 0.1) is 11.5 Å². The van der Waals surface area contributed by atoms with Crippen molar-refractivity contribution < 1.29 is 17.5 Å². The Morgan fingerprint density at radius 2 is 1.91 bits per heavy atom. The molecule has 0 unspecified atom stereocenters. The summed E-state index contributed by atoms with van der Waals surface area (Å²) >= 11 is 0. The number of sulfone groups is 1. The van der Waals surface area contributed by atoms with E-state index >= 15 is 4.39 Å². The number of rotatable bonds is 6. The average molecular weight is 498 g/mol. The summed E-state index contributed by atoms with van der Waals surface area (Å²) in [5.41, 5.74) is 2.57. The molecule has 2 aliphatic rings. The van der Waals surface area contributed by atoms with E-state index in [1.54, 1.807) is 18.2 Å². The molecule has 0 spiro atoms. The van der Waals surface area contributed by atoms with Gasteiger partial charge in [-0.05, 0) is 38.0 Å². The molecule has 1 aliphatic carbocycles. The van der Waals surface area contributed by atoms with Crippen LogP contribution in [0.5, 0.6) is 11.8 Å². The molecule has 3 aromatic heterocycles. The van der Waals surface area contributed by atoms with Gasteiger partial charge in [-0.3, -0.25) is 5.10 Å². The van der Waals surface area contributed by atoms with Crippen molar-refractivity contribution in [1.82, 2.24) is 25.1 Å². The van der Waals surface area contributed by atoms with Crippen molar-refractivity contribution in [3.8, 4) is 11.8 Å². The van der Waals surface area contributed by atoms with Crippen LogP contribution in [-0.4, -0.2) is 58.2 Å². The van der Waals surface area contributed by atoms with Crippen molar-refractivity contribution in [2.45, 2.75) is 25.7 Å². The summed E-state index contributed by atoms with van der Waals surface area (Å²) in [6.07, 6.45) is 2.29. The van der Waals surface area contributed by atoms with Gasteiger partial charge < -0.3 is 19.9 Å². The van der Waals surface area contributed by atoms with Gasteiger partial charge in [0, 0.05) is 53.4 Å². The molecule has 182 valence electrons. The van der Waals surface area contributed by atoms with Crippen LogP contribution in [0.2, 0.25) is 0 Å². The SMILES string of the molecule is Cc1cc2c(F)c(Oc3nc(Nc4cc(C5CC5)[nH]n4)cc(N4CCS(=O)(=O)CC4)n3)ccc2[nH]1. The summed E-state index contributed by atoms with van der Waals surface area (Å²) in [7, 11) is -3.06. The van der Waals surface area contributed by atoms with Crippen LogP contribution in [0, 0.1) is 12.7 Å². The number of benzene rings is 1. The molecule has 1 saturated carbocycles. The lowest BCUT2D eigenvalue weighted by atomic mass is 10.2. The lowest BCUT2D eigenvalue weighted by molar-refractivity contribution is 0.414. The smallest absolute Gasteiger partial charge is 0.326 e. The first-order valence-electron chi connectivity index (χ1n) is 11.5. The molecule has 0 bridgehead atoms. The summed E-state index contributed by atoms with van der Waals surface area (Å²) in [5.74, 6) is 1.58. The molecule has 1 aliphatic heterocycles. The van der Waals surface area contributed by atoms with Crippen molar-refractivity contribution in [3.63, 3.8) is 0 Å². The molecule has 6 rings (SSSR count). The van der Waals surface area contributed by atoms with Crippen LogP contribution < -0.4 is 15.0 Å². The third kappa shape index (κ3) is 4.53. The Hall–Kier alpha value is -3.67. The normalized spacial score (nSPS) is 17.6. The summed E-state index contributed by atoms with van der Waals surface area (Å²) in [6.45, 7) is 2.46. The zero-order chi connectivity index (χ0) is 24.2. The van der Waals surface area contributed by atoms with E-state index in [1.807, 2.05) is 17.9 Å². The number of nitrogens with zero attached hydrogens (tertiary/aromatic N) is 4. The molecule has 3 N–H and O–H groups in total. The van der Waals surface area contributed by atoms with Crippen LogP contribution in [0.4, 0.5) is 21.8 Å². The highest BCUT2D eigenvalue weighted by Crippen LogP contribution is 2.40. The summed E-state index contributed by atoms with van der Waals surface area (Å²) in [5, 5.41) is 10.9. The maximum absolute atomic E-state index is 15.1. The van der Waals surface area contributed by atoms with Crippen molar-refractivity contribution in [2.24, 2.45) is 0 Å². The number of halogens is 1. The van der Waals surface area contributed by atoms with Gasteiger partial charge >= 0.3 is 6.01 Å². The molecule has 0 radical (unpaired) electrons. The highest BCUT2D eigenvalue weighted by atomic mass is 32.2. The van der Waals surface area contributed by atoms with Crippen molar-refractivity contribution in [2.75, 3.05) is 34.8 Å². The first-order valence-corrected chi connectivity index (χ1v) is 13.3. The first-order chi connectivity index (χ1) is 16.8. The second-order valence-electron chi connectivity index (χ2n) is 9.03. The number of H-pyrrole nitrogens is 2. The molecular formula is C23H24FN7O3S. The highest BCUT2D eigenvalue weighted by Gasteiger charge is 2.26. The number of aromatic amines is 2. The monoisotopic (exact) mass is 497 g/mol. The zero-order valence-electron chi connectivity index (χ0n) is 19.0. The Labute approximate surface area is 200 Å². The van der Waals surface area contributed by atoms with Crippen LogP contribution in [0.25, 0.3) is 10.9 Å². The molecule has 10 nitrogen and oxygen atoms in total. The number of ether oxygens (including phenoxy) is 1. The van der Waals surface area contributed by atoms with Gasteiger partial charge in [0.15, 0.2) is 27.2 Å². The van der Waals surface area contributed by atoms with E-state index in [9.17, 15) is 8.42 Å². The number of anilines is 3. The van der Waals surface area contributed by atoms with Gasteiger partial charge in [0.25, 0.3) is 0 Å². The third-order valence-corrected chi connectivity index (χ3v) is 7.88. The fourth-order valence-corrected chi connectivity index (χ4v) is 5.43. The van der Waals surface area contributed by atoms with Gasteiger partial charge in [0.1, 0.15) is 11.6 Å². The Kier molecular flexibility index (Phi) is 5.13. The lowest BCUT2D eigenvalue weighted by Gasteiger charge is -2.28. The number of hydrogen-bond acceptors (Lipinski definition) is 8. The van der Waals surface area contributed by atoms with Crippen molar-refractivity contribution in [3.05, 3.63) is 47.5 Å². The summed E-state index contributed by atoms with van der Waals surface area (Å²) in [4.78, 5) is 13.8. The fourth-order valence-electron chi connectivity index (χ4n) is 4.23. The second kappa shape index (κ2) is 8.22. The molecule has 1 saturated heterocycles. The van der Waals surface area contributed by atoms with Gasteiger partial charge in [-0.25, -0.2) is 12.8 Å². The van der Waals surface area contributed by atoms with Gasteiger partial charge in [-0.2, -0.15) is 15.1 Å². The van der Waals surface area contributed by atoms with Gasteiger partial charge in [-0.1, -0.05) is 0 Å². The molecule has 4 heterocycles. The Bertz CT molecular complexity index is 1510. The van der Waals surface area contributed by atoms with Crippen LogP contribution in [0.1, 0.15) is 30.1 Å². The number of fused-ring (bicyclic) bond motifs is 1. The summed E-state index contributed by atoms with van der Waals surface area (Å²) < 4.78 is 44.7. The van der Waals surface area contributed by atoms with Crippen LogP contribution in [-0.2, 0) is 9.84 Å². The molecule has 1 aromatic carbocycles. The van der Waals surface area contributed by atoms with Gasteiger partial charge in [-0.15, -0.1) is 0 Å². The number of aryl methyl sites for hydroxylation is 1. The fraction of sp³-hybridized carbons (Fsp3) is 0.348. The number of nitrogens with one attached hydrogen (secondary N) is 3. The predicted octanol–water partition coefficient (Wildman–Crippen LogP) is 3.78. The van der Waals surface area contributed by atoms with Gasteiger partial charge in [0.2, 0.25) is 0 Å². The quantitative estimate of drug-likeness (QED) is 0.367. The lowest BCUT2D eigenvalue weighted by Crippen LogP contribution is -2.40. The van der Waals surface area contributed by atoms with E-state index in [0.717, 1.165) is 24.2 Å². The molecule has 4 aromatic rings. The molecule has 35 heavy (non-hydrogen) atoms. The maximum Gasteiger partial charge on any atom is 0.326 e. The first kappa shape index (κ1) is 21.8. The minimum atomic E-state index is -3.06. The van der Waals surface area contributed by atoms with E-state index in [4.69, 9.17) is 4.74 Å². The van der Waals surface area contributed by atoms with Crippen LogP contribution in [0.3, 0.4) is 0 Å².